The smallest absolute Gasteiger partial charge is 0.243 e. The maximum atomic E-state index is 15.1. The predicted octanol–water partition coefficient (Wildman–Crippen LogP) is 5.40. The van der Waals surface area contributed by atoms with Crippen LogP contribution in [0.25, 0.3) is 0 Å². The van der Waals surface area contributed by atoms with Crippen molar-refractivity contribution in [1.82, 2.24) is 9.62 Å². The third kappa shape index (κ3) is 8.51. The number of halogens is 2. The van der Waals surface area contributed by atoms with Gasteiger partial charge in [0.15, 0.2) is 0 Å². The molecule has 5 rings (SSSR count). The van der Waals surface area contributed by atoms with Crippen molar-refractivity contribution in [2.24, 2.45) is 5.92 Å². The quantitative estimate of drug-likeness (QED) is 0.282. The molecule has 242 valence electrons. The topological polar surface area (TPSA) is 113 Å². The average molecular weight is 676 g/mol. The molecule has 1 amide bonds. The minimum Gasteiger partial charge on any atom is -0.326 e. The molecule has 2 N–H and O–H groups in total. The van der Waals surface area contributed by atoms with Gasteiger partial charge in [-0.25, -0.2) is 21.2 Å². The number of amides is 1. The maximum absolute atomic E-state index is 15.1. The van der Waals surface area contributed by atoms with E-state index in [9.17, 15) is 21.6 Å². The fourth-order valence-electron chi connectivity index (χ4n) is 6.46. The number of nitrogens with one attached hydrogen (secondary N) is 2. The van der Waals surface area contributed by atoms with Crippen LogP contribution in [0.4, 0.5) is 10.1 Å². The number of hydrogen-bond acceptors (Lipinski definition) is 6. The van der Waals surface area contributed by atoms with Crippen molar-refractivity contribution in [3.05, 3.63) is 94.8 Å². The Morgan fingerprint density at radius 2 is 1.73 bits per heavy atom. The molecular weight excluding hydrogens is 637 g/mol. The third-order valence-corrected chi connectivity index (χ3v) is 12.8. The molecule has 0 bridgehead atoms. The van der Waals surface area contributed by atoms with Crippen LogP contribution in [-0.2, 0) is 31.1 Å². The molecule has 0 spiro atoms. The van der Waals surface area contributed by atoms with Crippen LogP contribution in [0, 0.1) is 11.7 Å². The first-order valence-electron chi connectivity index (χ1n) is 15.3. The fourth-order valence-corrected chi connectivity index (χ4v) is 9.79. The van der Waals surface area contributed by atoms with Crippen LogP contribution in [0.5, 0.6) is 0 Å². The molecule has 8 nitrogen and oxygen atoms in total. The summed E-state index contributed by atoms with van der Waals surface area (Å²) in [5.74, 6) is -0.740. The van der Waals surface area contributed by atoms with Crippen LogP contribution < -0.4 is 10.6 Å². The largest absolute Gasteiger partial charge is 0.326 e. The molecule has 0 aliphatic carbocycles. The Labute approximate surface area is 270 Å². The van der Waals surface area contributed by atoms with Crippen LogP contribution in [0.2, 0.25) is 5.02 Å². The van der Waals surface area contributed by atoms with E-state index < -0.39 is 25.7 Å². The average Bonchev–Trinajstić information content (AvgIpc) is 3.02. The second-order valence-corrected chi connectivity index (χ2v) is 16.5. The standard InChI is InChI=1S/C33H39ClFN3O5S2/c34-26-14-12-24(13-15-26)30(25-16-20-44(40,41)21-17-25)22-33(39)37-32-11-5-10-31(35)29(32)9-4-6-27-23-36-18-19-38(27)45(42,43)28-7-2-1-3-8-28/h1-3,5,7-8,10-15,25,27,30,36H,4,6,9,16-23H2,(H,37,39). The zero-order valence-electron chi connectivity index (χ0n) is 25.0. The van der Waals surface area contributed by atoms with E-state index in [1.54, 1.807) is 54.6 Å². The number of rotatable bonds is 11. The predicted molar refractivity (Wildman–Crippen MR) is 175 cm³/mol. The molecule has 0 saturated carbocycles. The molecule has 2 unspecified atom stereocenters. The summed E-state index contributed by atoms with van der Waals surface area (Å²) in [6, 6.07) is 19.9. The van der Waals surface area contributed by atoms with Crippen LogP contribution in [-0.4, -0.2) is 64.2 Å². The number of benzene rings is 3. The van der Waals surface area contributed by atoms with E-state index in [2.05, 4.69) is 10.6 Å². The number of carbonyl (C=O) groups is 1. The van der Waals surface area contributed by atoms with Gasteiger partial charge < -0.3 is 10.6 Å². The van der Waals surface area contributed by atoms with Gasteiger partial charge in [0.1, 0.15) is 15.7 Å². The first kappa shape index (κ1) is 33.5. The number of nitrogens with zero attached hydrogens (tertiary/aromatic N) is 1. The van der Waals surface area contributed by atoms with Crippen molar-refractivity contribution in [3.8, 4) is 0 Å². The molecule has 0 aromatic heterocycles. The van der Waals surface area contributed by atoms with Crippen LogP contribution >= 0.6 is 11.6 Å². The molecular formula is C33H39ClFN3O5S2. The second kappa shape index (κ2) is 14.7. The lowest BCUT2D eigenvalue weighted by atomic mass is 9.80. The van der Waals surface area contributed by atoms with Gasteiger partial charge in [-0.2, -0.15) is 4.31 Å². The normalized spacial score (nSPS) is 20.0. The molecule has 2 fully saturated rings. The van der Waals surface area contributed by atoms with E-state index in [0.29, 0.717) is 68.0 Å². The summed E-state index contributed by atoms with van der Waals surface area (Å²) in [5, 5.41) is 6.77. The van der Waals surface area contributed by atoms with E-state index in [4.69, 9.17) is 11.6 Å². The summed E-state index contributed by atoms with van der Waals surface area (Å²) >= 11 is 6.10. The molecule has 2 aliphatic heterocycles. The van der Waals surface area contributed by atoms with Crippen molar-refractivity contribution >= 4 is 43.1 Å². The number of sulfone groups is 1. The first-order chi connectivity index (χ1) is 21.5. The Bertz CT molecular complexity index is 1670. The summed E-state index contributed by atoms with van der Waals surface area (Å²) in [6.45, 7) is 1.41. The van der Waals surface area contributed by atoms with Crippen LogP contribution in [0.15, 0.2) is 77.7 Å². The number of hydrogen-bond donors (Lipinski definition) is 2. The van der Waals surface area contributed by atoms with Crippen molar-refractivity contribution in [2.75, 3.05) is 36.5 Å². The Morgan fingerprint density at radius 1 is 1.02 bits per heavy atom. The summed E-state index contributed by atoms with van der Waals surface area (Å²) in [7, 11) is -6.74. The van der Waals surface area contributed by atoms with Gasteiger partial charge in [-0.1, -0.05) is 48.0 Å². The monoisotopic (exact) mass is 675 g/mol. The molecule has 2 atom stereocenters. The van der Waals surface area contributed by atoms with E-state index in [1.165, 1.54) is 10.4 Å². The molecule has 2 saturated heterocycles. The number of piperazine rings is 1. The van der Waals surface area contributed by atoms with E-state index >= 15 is 4.39 Å². The molecule has 3 aromatic rings. The van der Waals surface area contributed by atoms with Crippen molar-refractivity contribution < 1.29 is 26.0 Å². The minimum absolute atomic E-state index is 0.00615. The molecule has 2 aliphatic rings. The zero-order chi connectivity index (χ0) is 32.0. The zero-order valence-corrected chi connectivity index (χ0v) is 27.4. The highest BCUT2D eigenvalue weighted by Crippen LogP contribution is 2.37. The maximum Gasteiger partial charge on any atom is 0.243 e. The molecule has 2 heterocycles. The molecule has 0 radical (unpaired) electrons. The Hall–Kier alpha value is -2.83. The summed E-state index contributed by atoms with van der Waals surface area (Å²) in [5.41, 5.74) is 1.67. The van der Waals surface area contributed by atoms with Crippen molar-refractivity contribution in [1.29, 1.82) is 0 Å². The Kier molecular flexibility index (Phi) is 11.0. The van der Waals surface area contributed by atoms with Crippen molar-refractivity contribution in [2.45, 2.75) is 55.4 Å². The van der Waals surface area contributed by atoms with Gasteiger partial charge in [0, 0.05) is 48.4 Å². The first-order valence-corrected chi connectivity index (χ1v) is 19.0. The van der Waals surface area contributed by atoms with E-state index in [0.717, 1.165) is 5.56 Å². The fraction of sp³-hybridized carbons (Fsp3) is 0.424. The lowest BCUT2D eigenvalue weighted by Gasteiger charge is -2.35. The highest BCUT2D eigenvalue weighted by Gasteiger charge is 2.34. The molecule has 3 aromatic carbocycles. The Morgan fingerprint density at radius 3 is 2.44 bits per heavy atom. The number of carbonyl (C=O) groups excluding carboxylic acids is 1. The van der Waals surface area contributed by atoms with E-state index in [-0.39, 0.29) is 46.6 Å². The van der Waals surface area contributed by atoms with Gasteiger partial charge >= 0.3 is 0 Å². The number of sulfonamides is 1. The highest BCUT2D eigenvalue weighted by atomic mass is 35.5. The third-order valence-electron chi connectivity index (χ3n) is 8.87. The van der Waals surface area contributed by atoms with Gasteiger partial charge in [0.05, 0.1) is 16.4 Å². The lowest BCUT2D eigenvalue weighted by molar-refractivity contribution is -0.116. The van der Waals surface area contributed by atoms with Gasteiger partial charge in [-0.3, -0.25) is 4.79 Å². The van der Waals surface area contributed by atoms with Gasteiger partial charge in [-0.05, 0) is 85.9 Å². The lowest BCUT2D eigenvalue weighted by Crippen LogP contribution is -2.53. The summed E-state index contributed by atoms with van der Waals surface area (Å²) in [6.07, 6.45) is 2.41. The summed E-state index contributed by atoms with van der Waals surface area (Å²) < 4.78 is 67.6. The van der Waals surface area contributed by atoms with E-state index in [1.807, 2.05) is 12.1 Å². The number of anilines is 1. The SMILES string of the molecule is O=C(CC(c1ccc(Cl)cc1)C1CCS(=O)(=O)CC1)Nc1cccc(F)c1CCCC1CNCCN1S(=O)(=O)c1ccccc1. The minimum atomic E-state index is -3.67. The van der Waals surface area contributed by atoms with Crippen LogP contribution in [0.3, 0.4) is 0 Å². The van der Waals surface area contributed by atoms with Crippen LogP contribution in [0.1, 0.15) is 49.1 Å². The molecule has 45 heavy (non-hydrogen) atoms. The highest BCUT2D eigenvalue weighted by molar-refractivity contribution is 7.91. The van der Waals surface area contributed by atoms with Crippen molar-refractivity contribution in [3.63, 3.8) is 0 Å². The van der Waals surface area contributed by atoms with Gasteiger partial charge in [0.2, 0.25) is 15.9 Å². The Balaban J connectivity index is 1.26. The van der Waals surface area contributed by atoms with Gasteiger partial charge in [0.25, 0.3) is 0 Å². The summed E-state index contributed by atoms with van der Waals surface area (Å²) in [4.78, 5) is 13.7. The van der Waals surface area contributed by atoms with Gasteiger partial charge in [-0.15, -0.1) is 0 Å². The second-order valence-electron chi connectivity index (χ2n) is 11.8. The molecule has 12 heteroatoms.